The van der Waals surface area contributed by atoms with Crippen LogP contribution in [0.15, 0.2) is 30.3 Å². The molecule has 0 aliphatic rings. The summed E-state index contributed by atoms with van der Waals surface area (Å²) in [6.07, 6.45) is 1.73. The third kappa shape index (κ3) is 4.88. The molecule has 0 radical (unpaired) electrons. The first-order chi connectivity index (χ1) is 10.9. The van der Waals surface area contributed by atoms with E-state index in [4.69, 9.17) is 0 Å². The maximum absolute atomic E-state index is 12.3. The summed E-state index contributed by atoms with van der Waals surface area (Å²) < 4.78 is 0. The highest BCUT2D eigenvalue weighted by Crippen LogP contribution is 2.27. The van der Waals surface area contributed by atoms with Gasteiger partial charge in [0.05, 0.1) is 5.69 Å². The number of amides is 1. The van der Waals surface area contributed by atoms with E-state index in [9.17, 15) is 9.90 Å². The topological polar surface area (TPSA) is 62.2 Å². The van der Waals surface area contributed by atoms with E-state index in [1.807, 2.05) is 51.1 Å². The summed E-state index contributed by atoms with van der Waals surface area (Å²) in [4.78, 5) is 17.5. The highest BCUT2D eigenvalue weighted by molar-refractivity contribution is 7.17. The Balaban J connectivity index is 1.94. The molecule has 0 aliphatic heterocycles. The summed E-state index contributed by atoms with van der Waals surface area (Å²) in [6, 6.07) is 9.89. The van der Waals surface area contributed by atoms with E-state index < -0.39 is 0 Å². The first-order valence-corrected chi connectivity index (χ1v) is 8.66. The van der Waals surface area contributed by atoms with Gasteiger partial charge in [0, 0.05) is 18.7 Å². The van der Waals surface area contributed by atoms with Crippen molar-refractivity contribution in [3.8, 4) is 10.6 Å². The van der Waals surface area contributed by atoms with Crippen LogP contribution in [0.1, 0.15) is 42.1 Å². The van der Waals surface area contributed by atoms with Gasteiger partial charge in [-0.25, -0.2) is 4.98 Å². The predicted molar refractivity (Wildman–Crippen MR) is 94.7 cm³/mol. The second kappa shape index (κ2) is 7.70. The molecule has 0 atom stereocenters. The third-order valence-corrected chi connectivity index (χ3v) is 4.97. The van der Waals surface area contributed by atoms with Crippen LogP contribution in [0.2, 0.25) is 0 Å². The number of carbonyl (C=O) groups is 1. The predicted octanol–water partition coefficient (Wildman–Crippen LogP) is 3.65. The lowest BCUT2D eigenvalue weighted by Crippen LogP contribution is -2.26. The Bertz CT molecular complexity index is 650. The van der Waals surface area contributed by atoms with Gasteiger partial charge in [0.15, 0.2) is 0 Å². The minimum Gasteiger partial charge on any atom is -0.396 e. The molecule has 0 aliphatic carbocycles. The summed E-state index contributed by atoms with van der Waals surface area (Å²) in [6.45, 7) is 6.69. The number of rotatable bonds is 7. The molecule has 0 unspecified atom stereocenters. The number of aliphatic hydroxyl groups excluding tert-OH is 1. The molecule has 1 heterocycles. The van der Waals surface area contributed by atoms with Gasteiger partial charge in [0.2, 0.25) is 0 Å². The van der Waals surface area contributed by atoms with Crippen LogP contribution in [-0.2, 0) is 0 Å². The molecule has 2 rings (SSSR count). The molecule has 0 saturated heterocycles. The molecular weight excluding hydrogens is 308 g/mol. The van der Waals surface area contributed by atoms with Crippen molar-refractivity contribution in [1.29, 1.82) is 0 Å². The smallest absolute Gasteiger partial charge is 0.263 e. The molecule has 0 saturated carbocycles. The summed E-state index contributed by atoms with van der Waals surface area (Å²) in [5, 5.41) is 13.1. The second-order valence-corrected chi connectivity index (χ2v) is 7.48. The Morgan fingerprint density at radius 2 is 2.00 bits per heavy atom. The number of carbonyl (C=O) groups excluding carboxylic acids is 1. The zero-order valence-corrected chi connectivity index (χ0v) is 14.7. The van der Waals surface area contributed by atoms with Crippen LogP contribution in [-0.4, -0.2) is 29.1 Å². The highest BCUT2D eigenvalue weighted by atomic mass is 32.1. The summed E-state index contributed by atoms with van der Waals surface area (Å²) in [5.41, 5.74) is 1.71. The number of hydrogen-bond acceptors (Lipinski definition) is 4. The number of aliphatic hydroxyl groups is 1. The van der Waals surface area contributed by atoms with Crippen molar-refractivity contribution < 1.29 is 9.90 Å². The van der Waals surface area contributed by atoms with Gasteiger partial charge in [-0.05, 0) is 25.2 Å². The van der Waals surface area contributed by atoms with Crippen molar-refractivity contribution in [3.05, 3.63) is 40.9 Å². The fourth-order valence-electron chi connectivity index (χ4n) is 2.24. The van der Waals surface area contributed by atoms with E-state index in [1.54, 1.807) is 0 Å². The maximum atomic E-state index is 12.3. The maximum Gasteiger partial charge on any atom is 0.263 e. The second-order valence-electron chi connectivity index (χ2n) is 6.48. The summed E-state index contributed by atoms with van der Waals surface area (Å²) in [7, 11) is 0. The molecule has 0 bridgehead atoms. The van der Waals surface area contributed by atoms with Crippen molar-refractivity contribution in [2.24, 2.45) is 5.41 Å². The zero-order valence-electron chi connectivity index (χ0n) is 13.9. The Hall–Kier alpha value is -1.72. The average Bonchev–Trinajstić information content (AvgIpc) is 2.94. The Morgan fingerprint density at radius 1 is 1.30 bits per heavy atom. The standard InChI is InChI=1S/C18H24N2O2S/c1-13-15(16(22)19-11-7-10-18(2,3)12-21)23-17(20-13)14-8-5-4-6-9-14/h4-6,8-9,21H,7,10-12H2,1-3H3,(H,19,22). The fraction of sp³-hybridized carbons (Fsp3) is 0.444. The Morgan fingerprint density at radius 3 is 2.65 bits per heavy atom. The SMILES string of the molecule is Cc1nc(-c2ccccc2)sc1C(=O)NCCCC(C)(C)CO. The van der Waals surface area contributed by atoms with Gasteiger partial charge < -0.3 is 10.4 Å². The molecule has 2 N–H and O–H groups in total. The van der Waals surface area contributed by atoms with Gasteiger partial charge in [-0.1, -0.05) is 44.2 Å². The van der Waals surface area contributed by atoms with Crippen LogP contribution in [0.25, 0.3) is 10.6 Å². The normalized spacial score (nSPS) is 11.5. The van der Waals surface area contributed by atoms with Crippen molar-refractivity contribution >= 4 is 17.2 Å². The van der Waals surface area contributed by atoms with E-state index in [1.165, 1.54) is 11.3 Å². The van der Waals surface area contributed by atoms with Gasteiger partial charge in [0.1, 0.15) is 9.88 Å². The Labute approximate surface area is 141 Å². The molecule has 4 nitrogen and oxygen atoms in total. The molecule has 2 aromatic rings. The van der Waals surface area contributed by atoms with E-state index >= 15 is 0 Å². The lowest BCUT2D eigenvalue weighted by molar-refractivity contribution is 0.0952. The summed E-state index contributed by atoms with van der Waals surface area (Å²) >= 11 is 1.43. The molecular formula is C18H24N2O2S. The molecule has 1 amide bonds. The number of aromatic nitrogens is 1. The number of aryl methyl sites for hydroxylation is 1. The van der Waals surface area contributed by atoms with Gasteiger partial charge in [0.25, 0.3) is 5.91 Å². The number of nitrogens with one attached hydrogen (secondary N) is 1. The van der Waals surface area contributed by atoms with E-state index in [2.05, 4.69) is 10.3 Å². The van der Waals surface area contributed by atoms with Crippen molar-refractivity contribution in [2.45, 2.75) is 33.6 Å². The van der Waals surface area contributed by atoms with Crippen LogP contribution in [0.5, 0.6) is 0 Å². The van der Waals surface area contributed by atoms with Crippen molar-refractivity contribution in [1.82, 2.24) is 10.3 Å². The third-order valence-electron chi connectivity index (χ3n) is 3.77. The molecule has 124 valence electrons. The van der Waals surface area contributed by atoms with Crippen LogP contribution in [0.4, 0.5) is 0 Å². The lowest BCUT2D eigenvalue weighted by Gasteiger charge is -2.21. The van der Waals surface area contributed by atoms with Gasteiger partial charge in [-0.15, -0.1) is 11.3 Å². The summed E-state index contributed by atoms with van der Waals surface area (Å²) in [5.74, 6) is -0.0658. The molecule has 0 spiro atoms. The van der Waals surface area contributed by atoms with Crippen molar-refractivity contribution in [2.75, 3.05) is 13.2 Å². The van der Waals surface area contributed by atoms with Crippen LogP contribution in [0.3, 0.4) is 0 Å². The van der Waals surface area contributed by atoms with Gasteiger partial charge in [-0.2, -0.15) is 0 Å². The number of benzene rings is 1. The number of thiazole rings is 1. The van der Waals surface area contributed by atoms with Crippen LogP contribution < -0.4 is 5.32 Å². The van der Waals surface area contributed by atoms with Crippen LogP contribution in [0, 0.1) is 12.3 Å². The monoisotopic (exact) mass is 332 g/mol. The molecule has 5 heteroatoms. The van der Waals surface area contributed by atoms with Crippen molar-refractivity contribution in [3.63, 3.8) is 0 Å². The van der Waals surface area contributed by atoms with Gasteiger partial charge >= 0.3 is 0 Å². The minimum absolute atomic E-state index is 0.0658. The Kier molecular flexibility index (Phi) is 5.91. The van der Waals surface area contributed by atoms with Crippen LogP contribution >= 0.6 is 11.3 Å². The first-order valence-electron chi connectivity index (χ1n) is 7.85. The molecule has 23 heavy (non-hydrogen) atoms. The average molecular weight is 332 g/mol. The lowest BCUT2D eigenvalue weighted by atomic mass is 9.89. The number of hydrogen-bond donors (Lipinski definition) is 2. The molecule has 1 aromatic heterocycles. The number of nitrogens with zero attached hydrogens (tertiary/aromatic N) is 1. The molecule has 1 aromatic carbocycles. The largest absolute Gasteiger partial charge is 0.396 e. The first kappa shape index (κ1) is 17.6. The molecule has 0 fully saturated rings. The van der Waals surface area contributed by atoms with E-state index in [0.717, 1.165) is 29.1 Å². The van der Waals surface area contributed by atoms with E-state index in [-0.39, 0.29) is 17.9 Å². The quantitative estimate of drug-likeness (QED) is 0.761. The zero-order chi connectivity index (χ0) is 16.9. The van der Waals surface area contributed by atoms with Gasteiger partial charge in [-0.3, -0.25) is 4.79 Å². The highest BCUT2D eigenvalue weighted by Gasteiger charge is 2.18. The minimum atomic E-state index is -0.0917. The van der Waals surface area contributed by atoms with E-state index in [0.29, 0.717) is 11.4 Å². The fourth-order valence-corrected chi connectivity index (χ4v) is 3.23.